The van der Waals surface area contributed by atoms with Gasteiger partial charge in [0.15, 0.2) is 0 Å². The molecule has 0 radical (unpaired) electrons. The van der Waals surface area contributed by atoms with Gasteiger partial charge >= 0.3 is 0 Å². The topological polar surface area (TPSA) is 28.3 Å². The number of benzene rings is 1. The van der Waals surface area contributed by atoms with Gasteiger partial charge in [0.2, 0.25) is 0 Å². The summed E-state index contributed by atoms with van der Waals surface area (Å²) in [6.45, 7) is 21.6. The Hall–Kier alpha value is -3.30. The maximum atomic E-state index is 5.48. The molecule has 3 heteroatoms. The van der Waals surface area contributed by atoms with Crippen LogP contribution in [0.1, 0.15) is 57.9 Å². The maximum absolute atomic E-state index is 5.48. The first kappa shape index (κ1) is 29.7. The van der Waals surface area contributed by atoms with E-state index in [1.165, 1.54) is 11.3 Å². The Morgan fingerprint density at radius 2 is 1.80 bits per heavy atom. The molecule has 1 aromatic carbocycles. The lowest BCUT2D eigenvalue weighted by atomic mass is 10.1. The summed E-state index contributed by atoms with van der Waals surface area (Å²) in [4.78, 5) is 5.68. The van der Waals surface area contributed by atoms with Gasteiger partial charge in [0.25, 0.3) is 0 Å². The molecular weight excluding hydrogens is 428 g/mol. The minimum Gasteiger partial charge on any atom is -0.378 e. The summed E-state index contributed by atoms with van der Waals surface area (Å²) in [7, 11) is 0. The molecule has 0 saturated carbocycles. The highest BCUT2D eigenvalue weighted by Crippen LogP contribution is 2.24. The molecule has 3 rings (SSSR count). The molecule has 35 heavy (non-hydrogen) atoms. The molecule has 0 bridgehead atoms. The van der Waals surface area contributed by atoms with E-state index in [-0.39, 0.29) is 0 Å². The van der Waals surface area contributed by atoms with Crippen LogP contribution in [-0.2, 0) is 4.74 Å². The molecule has 1 aliphatic rings. The first-order valence-corrected chi connectivity index (χ1v) is 12.7. The molecule has 1 aliphatic heterocycles. The fourth-order valence-corrected chi connectivity index (χ4v) is 3.49. The molecule has 3 nitrogen and oxygen atoms in total. The van der Waals surface area contributed by atoms with Crippen LogP contribution in [0.2, 0.25) is 0 Å². The van der Waals surface area contributed by atoms with Crippen molar-refractivity contribution < 1.29 is 4.74 Å². The highest BCUT2D eigenvalue weighted by atomic mass is 16.5. The van der Waals surface area contributed by atoms with Gasteiger partial charge in [0.05, 0.1) is 13.2 Å². The average molecular weight is 473 g/mol. The number of hydrogen-bond donors (Lipinski definition) is 1. The SMILES string of the molecule is C/C=C\CC.C=Cc1c[nH]c(C(/C=C\C)=C/C(=C)/C=C/c2ccccc2N2CCOCC2)c1.CC. The molecule has 0 amide bonds. The van der Waals surface area contributed by atoms with Gasteiger partial charge in [0.1, 0.15) is 0 Å². The fraction of sp³-hybridized carbons (Fsp3) is 0.312. The van der Waals surface area contributed by atoms with E-state index in [0.29, 0.717) is 0 Å². The van der Waals surface area contributed by atoms with Crippen LogP contribution in [0.5, 0.6) is 0 Å². The normalized spacial score (nSPS) is 14.0. The summed E-state index contributed by atoms with van der Waals surface area (Å²) in [5, 5.41) is 0. The van der Waals surface area contributed by atoms with E-state index in [0.717, 1.165) is 55.1 Å². The molecule has 188 valence electrons. The summed E-state index contributed by atoms with van der Waals surface area (Å²) in [5.41, 5.74) is 6.60. The van der Waals surface area contributed by atoms with Crippen LogP contribution in [-0.4, -0.2) is 31.3 Å². The van der Waals surface area contributed by atoms with Gasteiger partial charge in [-0.25, -0.2) is 0 Å². The summed E-state index contributed by atoms with van der Waals surface area (Å²) < 4.78 is 5.48. The zero-order valence-electron chi connectivity index (χ0n) is 22.4. The quantitative estimate of drug-likeness (QED) is 0.307. The van der Waals surface area contributed by atoms with Crippen LogP contribution < -0.4 is 4.90 Å². The molecule has 1 aromatic heterocycles. The van der Waals surface area contributed by atoms with Crippen molar-refractivity contribution in [3.8, 4) is 0 Å². The number of nitrogens with zero attached hydrogens (tertiary/aromatic N) is 1. The first-order valence-electron chi connectivity index (χ1n) is 12.7. The largest absolute Gasteiger partial charge is 0.378 e. The van der Waals surface area contributed by atoms with Crippen LogP contribution in [0.3, 0.4) is 0 Å². The van der Waals surface area contributed by atoms with Gasteiger partial charge in [-0.1, -0.05) is 94.7 Å². The molecule has 2 aromatic rings. The van der Waals surface area contributed by atoms with Crippen LogP contribution >= 0.6 is 0 Å². The number of allylic oxidation sites excluding steroid dienone is 8. The number of aromatic amines is 1. The molecule has 2 heterocycles. The minimum absolute atomic E-state index is 0.781. The van der Waals surface area contributed by atoms with E-state index >= 15 is 0 Å². The van der Waals surface area contributed by atoms with Crippen molar-refractivity contribution in [2.45, 2.75) is 41.0 Å². The third-order valence-corrected chi connectivity index (χ3v) is 5.18. The zero-order chi connectivity index (χ0) is 25.9. The highest BCUT2D eigenvalue weighted by molar-refractivity contribution is 5.77. The number of ether oxygens (including phenoxy) is 1. The standard InChI is InChI=1S/C25H28N2O.C5H10.C2H6/c1-4-8-23(24-18-21(5-2)19-26-24)17-20(3)11-12-22-9-6-7-10-25(22)27-13-15-28-16-14-27;1-3-5-4-2;1-2/h4-12,17-19,26H,2-3,13-16H2,1H3;3,5H,4H2,1-2H3;1-2H3/b8-4-,12-11+,23-17+;5-3-;. The summed E-state index contributed by atoms with van der Waals surface area (Å²) in [5.74, 6) is 0. The summed E-state index contributed by atoms with van der Waals surface area (Å²) in [6.07, 6.45) is 19.6. The van der Waals surface area contributed by atoms with E-state index < -0.39 is 0 Å². The van der Waals surface area contributed by atoms with E-state index in [1.807, 2.05) is 46.0 Å². The van der Waals surface area contributed by atoms with E-state index in [1.54, 1.807) is 0 Å². The molecule has 0 aliphatic carbocycles. The molecule has 0 unspecified atom stereocenters. The maximum Gasteiger partial charge on any atom is 0.0642 e. The van der Waals surface area contributed by atoms with E-state index in [2.05, 4.69) is 96.8 Å². The van der Waals surface area contributed by atoms with Crippen LogP contribution in [0.4, 0.5) is 5.69 Å². The smallest absolute Gasteiger partial charge is 0.0642 e. The first-order chi connectivity index (χ1) is 17.1. The van der Waals surface area contributed by atoms with Crippen LogP contribution in [0.25, 0.3) is 17.7 Å². The second kappa shape index (κ2) is 18.1. The second-order valence-electron chi connectivity index (χ2n) is 7.69. The third kappa shape index (κ3) is 10.7. The number of morpholine rings is 1. The Bertz CT molecular complexity index is 998. The van der Waals surface area contributed by atoms with E-state index in [4.69, 9.17) is 4.74 Å². The number of para-hydroxylation sites is 1. The number of rotatable bonds is 8. The van der Waals surface area contributed by atoms with E-state index in [9.17, 15) is 0 Å². The molecular formula is C32H44N2O. The van der Waals surface area contributed by atoms with Crippen molar-refractivity contribution in [1.82, 2.24) is 4.98 Å². The van der Waals surface area contributed by atoms with Gasteiger partial charge in [-0.3, -0.25) is 0 Å². The third-order valence-electron chi connectivity index (χ3n) is 5.18. The van der Waals surface area contributed by atoms with Crippen LogP contribution in [0, 0.1) is 0 Å². The van der Waals surface area contributed by atoms with Crippen molar-refractivity contribution >= 4 is 23.4 Å². The Morgan fingerprint density at radius 3 is 2.37 bits per heavy atom. The summed E-state index contributed by atoms with van der Waals surface area (Å²) in [6, 6.07) is 10.6. The van der Waals surface area contributed by atoms with Crippen LogP contribution in [0.15, 0.2) is 91.7 Å². The number of H-pyrrole nitrogens is 1. The lowest BCUT2D eigenvalue weighted by Gasteiger charge is -2.30. The second-order valence-corrected chi connectivity index (χ2v) is 7.69. The van der Waals surface area contributed by atoms with Gasteiger partial charge < -0.3 is 14.6 Å². The molecule has 1 saturated heterocycles. The molecule has 1 fully saturated rings. The van der Waals surface area contributed by atoms with Crippen molar-refractivity contribution in [3.05, 3.63) is 109 Å². The number of hydrogen-bond acceptors (Lipinski definition) is 2. The zero-order valence-corrected chi connectivity index (χ0v) is 22.4. The Kier molecular flexibility index (Phi) is 15.4. The van der Waals surface area contributed by atoms with Crippen molar-refractivity contribution in [3.63, 3.8) is 0 Å². The number of anilines is 1. The lowest BCUT2D eigenvalue weighted by molar-refractivity contribution is 0.122. The predicted octanol–water partition coefficient (Wildman–Crippen LogP) is 8.72. The Labute approximate surface area is 213 Å². The van der Waals surface area contributed by atoms with Gasteiger partial charge in [0, 0.05) is 30.7 Å². The van der Waals surface area contributed by atoms with Crippen molar-refractivity contribution in [2.24, 2.45) is 0 Å². The minimum atomic E-state index is 0.781. The van der Waals surface area contributed by atoms with Gasteiger partial charge in [-0.15, -0.1) is 0 Å². The summed E-state index contributed by atoms with van der Waals surface area (Å²) >= 11 is 0. The van der Waals surface area contributed by atoms with Crippen molar-refractivity contribution in [2.75, 3.05) is 31.2 Å². The highest BCUT2D eigenvalue weighted by Gasteiger charge is 2.13. The van der Waals surface area contributed by atoms with Crippen molar-refractivity contribution in [1.29, 1.82) is 0 Å². The number of aromatic nitrogens is 1. The van der Waals surface area contributed by atoms with Gasteiger partial charge in [-0.05, 0) is 60.8 Å². The molecule has 0 atom stereocenters. The molecule has 1 N–H and O–H groups in total. The predicted molar refractivity (Wildman–Crippen MR) is 158 cm³/mol. The van der Waals surface area contributed by atoms with Gasteiger partial charge in [-0.2, -0.15) is 0 Å². The monoisotopic (exact) mass is 472 g/mol. The lowest BCUT2D eigenvalue weighted by Crippen LogP contribution is -2.36. The fourth-order valence-electron chi connectivity index (χ4n) is 3.49. The average Bonchev–Trinajstić information content (AvgIpc) is 3.39. The number of nitrogens with one attached hydrogen (secondary N) is 1. The Balaban J connectivity index is 0.000000779. The molecule has 0 spiro atoms. The Morgan fingerprint density at radius 1 is 1.09 bits per heavy atom.